The summed E-state index contributed by atoms with van der Waals surface area (Å²) in [7, 11) is 0. The molecule has 0 saturated carbocycles. The number of hydrogen-bond acceptors (Lipinski definition) is 5. The molecule has 2 aromatic heterocycles. The molecule has 0 spiro atoms. The third-order valence-electron chi connectivity index (χ3n) is 11.8. The summed E-state index contributed by atoms with van der Waals surface area (Å²) in [5, 5.41) is 13.1. The van der Waals surface area contributed by atoms with Crippen molar-refractivity contribution in [3.8, 4) is 45.7 Å². The van der Waals surface area contributed by atoms with Gasteiger partial charge in [-0.2, -0.15) is 5.26 Å². The maximum absolute atomic E-state index is 10.9. The molecular formula is C59H40N6. The largest absolute Gasteiger partial charge is 0.310 e. The molecule has 0 aliphatic rings. The van der Waals surface area contributed by atoms with Crippen LogP contribution in [0.1, 0.15) is 5.56 Å². The van der Waals surface area contributed by atoms with Crippen molar-refractivity contribution in [1.82, 2.24) is 14.5 Å². The monoisotopic (exact) mass is 832 g/mol. The molecule has 0 aliphatic heterocycles. The third kappa shape index (κ3) is 7.43. The average Bonchev–Trinajstić information content (AvgIpc) is 3.71. The van der Waals surface area contributed by atoms with Crippen LogP contribution in [0.5, 0.6) is 0 Å². The molecule has 0 unspecified atom stereocenters. The Bertz CT molecular complexity index is 3200. The Morgan fingerprint density at radius 3 is 1.23 bits per heavy atom. The van der Waals surface area contributed by atoms with Crippen molar-refractivity contribution in [2.45, 2.75) is 0 Å². The van der Waals surface area contributed by atoms with E-state index in [4.69, 9.17) is 9.97 Å². The third-order valence-corrected chi connectivity index (χ3v) is 11.8. The van der Waals surface area contributed by atoms with Gasteiger partial charge in [0.1, 0.15) is 0 Å². The van der Waals surface area contributed by atoms with Gasteiger partial charge in [0, 0.05) is 67.3 Å². The van der Waals surface area contributed by atoms with Crippen molar-refractivity contribution >= 4 is 55.9 Å². The molecule has 0 N–H and O–H groups in total. The van der Waals surface area contributed by atoms with Crippen LogP contribution < -0.4 is 9.80 Å². The first kappa shape index (κ1) is 38.8. The highest BCUT2D eigenvalue weighted by atomic mass is 15.1. The molecule has 0 saturated heterocycles. The predicted octanol–water partition coefficient (Wildman–Crippen LogP) is 15.4. The van der Waals surface area contributed by atoms with E-state index in [2.05, 4.69) is 160 Å². The van der Waals surface area contributed by atoms with E-state index in [0.29, 0.717) is 17.1 Å². The van der Waals surface area contributed by atoms with E-state index in [9.17, 15) is 5.26 Å². The molecule has 2 heterocycles. The molecule has 0 amide bonds. The minimum atomic E-state index is 0.515. The van der Waals surface area contributed by atoms with E-state index in [-0.39, 0.29) is 0 Å². The Morgan fingerprint density at radius 1 is 0.369 bits per heavy atom. The highest BCUT2D eigenvalue weighted by Gasteiger charge is 2.21. The van der Waals surface area contributed by atoms with Gasteiger partial charge >= 0.3 is 0 Å². The second-order valence-corrected chi connectivity index (χ2v) is 15.8. The van der Waals surface area contributed by atoms with E-state index in [1.54, 1.807) is 0 Å². The highest BCUT2D eigenvalue weighted by Crippen LogP contribution is 2.43. The number of nitriles is 1. The normalized spacial score (nSPS) is 11.1. The summed E-state index contributed by atoms with van der Waals surface area (Å²) in [5.41, 5.74) is 13.8. The average molecular weight is 833 g/mol. The van der Waals surface area contributed by atoms with Gasteiger partial charge in [-0.1, -0.05) is 133 Å². The van der Waals surface area contributed by atoms with Crippen molar-refractivity contribution in [3.63, 3.8) is 0 Å². The quantitative estimate of drug-likeness (QED) is 0.137. The van der Waals surface area contributed by atoms with Crippen LogP contribution in [-0.2, 0) is 0 Å². The van der Waals surface area contributed by atoms with E-state index >= 15 is 0 Å². The molecule has 0 atom stereocenters. The van der Waals surface area contributed by atoms with Crippen LogP contribution >= 0.6 is 0 Å². The second kappa shape index (κ2) is 17.0. The SMILES string of the molecule is N#Cc1cc(-n2c3ccc(N(c4ccccc4)c4ccccc4)cc3c3cc(N(c4ccccc4)c4ccccc4)ccc32)ccc1-c1cc(-c2ccccc2)nc(-c2ccccc2)n1. The van der Waals surface area contributed by atoms with Crippen molar-refractivity contribution in [2.24, 2.45) is 0 Å². The molecule has 0 bridgehead atoms. The summed E-state index contributed by atoms with van der Waals surface area (Å²) in [6.45, 7) is 0. The van der Waals surface area contributed by atoms with Gasteiger partial charge in [-0.05, 0) is 109 Å². The lowest BCUT2D eigenvalue weighted by Gasteiger charge is -2.26. The van der Waals surface area contributed by atoms with Gasteiger partial charge < -0.3 is 14.4 Å². The zero-order chi connectivity index (χ0) is 43.5. The van der Waals surface area contributed by atoms with Gasteiger partial charge in [0.25, 0.3) is 0 Å². The highest BCUT2D eigenvalue weighted by molar-refractivity contribution is 6.12. The Morgan fingerprint density at radius 2 is 0.785 bits per heavy atom. The zero-order valence-corrected chi connectivity index (χ0v) is 35.3. The van der Waals surface area contributed by atoms with Crippen molar-refractivity contribution < 1.29 is 0 Å². The van der Waals surface area contributed by atoms with Crippen LogP contribution in [0.4, 0.5) is 34.1 Å². The maximum atomic E-state index is 10.9. The topological polar surface area (TPSA) is 61.0 Å². The molecule has 6 nitrogen and oxygen atoms in total. The number of para-hydroxylation sites is 4. The molecule has 9 aromatic carbocycles. The second-order valence-electron chi connectivity index (χ2n) is 15.8. The number of hydrogen-bond donors (Lipinski definition) is 0. The van der Waals surface area contributed by atoms with E-state index in [1.165, 1.54) is 0 Å². The van der Waals surface area contributed by atoms with E-state index < -0.39 is 0 Å². The molecule has 0 radical (unpaired) electrons. The molecule has 11 rings (SSSR count). The summed E-state index contributed by atoms with van der Waals surface area (Å²) in [4.78, 5) is 14.7. The molecule has 65 heavy (non-hydrogen) atoms. The van der Waals surface area contributed by atoms with E-state index in [0.717, 1.165) is 84.0 Å². The fourth-order valence-corrected chi connectivity index (χ4v) is 8.80. The smallest absolute Gasteiger partial charge is 0.160 e. The number of nitrogens with zero attached hydrogens (tertiary/aromatic N) is 6. The lowest BCUT2D eigenvalue weighted by Crippen LogP contribution is -2.09. The van der Waals surface area contributed by atoms with Gasteiger partial charge in [0.2, 0.25) is 0 Å². The van der Waals surface area contributed by atoms with Gasteiger partial charge in [-0.15, -0.1) is 0 Å². The number of aromatic nitrogens is 3. The van der Waals surface area contributed by atoms with Crippen LogP contribution in [0.3, 0.4) is 0 Å². The number of fused-ring (bicyclic) bond motifs is 3. The lowest BCUT2D eigenvalue weighted by molar-refractivity contribution is 1.16. The maximum Gasteiger partial charge on any atom is 0.160 e. The van der Waals surface area contributed by atoms with Crippen LogP contribution in [0.25, 0.3) is 61.4 Å². The Balaban J connectivity index is 1.12. The summed E-state index contributed by atoms with van der Waals surface area (Å²) in [6.07, 6.45) is 0. The molecule has 306 valence electrons. The van der Waals surface area contributed by atoms with Crippen molar-refractivity contribution in [1.29, 1.82) is 5.26 Å². The standard InChI is InChI=1S/C59H40N6/c60-41-44-37-49(31-34-52(44)56-40-55(42-19-7-1-8-20-42)61-59(62-56)43-21-9-2-10-22-43)65-57-35-32-50(63(45-23-11-3-12-24-45)46-25-13-4-14-26-46)38-53(57)54-39-51(33-36-58(54)65)64(47-27-15-5-16-28-47)48-29-17-6-18-30-48/h1-40H. The zero-order valence-electron chi connectivity index (χ0n) is 35.3. The van der Waals surface area contributed by atoms with Crippen molar-refractivity contribution in [3.05, 3.63) is 248 Å². The summed E-state index contributed by atoms with van der Waals surface area (Å²) < 4.78 is 2.28. The van der Waals surface area contributed by atoms with Crippen LogP contribution in [0.15, 0.2) is 243 Å². The Kier molecular flexibility index (Phi) is 10.2. The Labute approximate surface area is 377 Å². The van der Waals surface area contributed by atoms with Crippen LogP contribution in [-0.4, -0.2) is 14.5 Å². The lowest BCUT2D eigenvalue weighted by atomic mass is 10.0. The number of benzene rings is 9. The number of anilines is 6. The first-order valence-electron chi connectivity index (χ1n) is 21.6. The minimum Gasteiger partial charge on any atom is -0.310 e. The molecule has 6 heteroatoms. The minimum absolute atomic E-state index is 0.515. The fraction of sp³-hybridized carbons (Fsp3) is 0. The summed E-state index contributed by atoms with van der Waals surface area (Å²) in [6, 6.07) is 86.1. The van der Waals surface area contributed by atoms with Gasteiger partial charge in [0.15, 0.2) is 5.82 Å². The van der Waals surface area contributed by atoms with Gasteiger partial charge in [-0.3, -0.25) is 0 Å². The summed E-state index contributed by atoms with van der Waals surface area (Å²) >= 11 is 0. The Hall–Kier alpha value is -9.05. The fourth-order valence-electron chi connectivity index (χ4n) is 8.80. The first-order valence-corrected chi connectivity index (χ1v) is 21.6. The molecular weight excluding hydrogens is 793 g/mol. The van der Waals surface area contributed by atoms with Crippen molar-refractivity contribution in [2.75, 3.05) is 9.80 Å². The predicted molar refractivity (Wildman–Crippen MR) is 267 cm³/mol. The van der Waals surface area contributed by atoms with Crippen LogP contribution in [0.2, 0.25) is 0 Å². The van der Waals surface area contributed by atoms with Crippen LogP contribution in [0, 0.1) is 11.3 Å². The molecule has 11 aromatic rings. The van der Waals surface area contributed by atoms with E-state index in [1.807, 2.05) is 103 Å². The first-order chi connectivity index (χ1) is 32.2. The number of rotatable bonds is 10. The van der Waals surface area contributed by atoms with Gasteiger partial charge in [0.05, 0.1) is 34.1 Å². The molecule has 0 aliphatic carbocycles. The van der Waals surface area contributed by atoms with Gasteiger partial charge in [-0.25, -0.2) is 9.97 Å². The summed E-state index contributed by atoms with van der Waals surface area (Å²) in [5.74, 6) is 0.601. The molecule has 0 fully saturated rings.